The number of Topliss-reactive ketones (excluding diaryl/α,β-unsaturated/α-hetero) is 1. The van der Waals surface area contributed by atoms with Crippen LogP contribution in [-0.2, 0) is 4.79 Å². The number of ketones is 1. The molecule has 7 nitrogen and oxygen atoms in total. The zero-order valence-corrected chi connectivity index (χ0v) is 22.2. The van der Waals surface area contributed by atoms with E-state index >= 15 is 0 Å². The van der Waals surface area contributed by atoms with Crippen LogP contribution in [0.1, 0.15) is 47.6 Å². The van der Waals surface area contributed by atoms with Gasteiger partial charge in [-0.1, -0.05) is 53.2 Å². The molecule has 0 fully saturated rings. The number of carbonyl (C=O) groups is 2. The largest absolute Gasteiger partial charge is 0.503 e. The van der Waals surface area contributed by atoms with Gasteiger partial charge in [0.1, 0.15) is 11.6 Å². The zero-order valence-electron chi connectivity index (χ0n) is 19.8. The molecule has 37 heavy (non-hydrogen) atoms. The number of fused-ring (bicyclic) bond motifs is 2. The lowest BCUT2D eigenvalue weighted by Gasteiger charge is -2.23. The molecule has 0 saturated heterocycles. The van der Waals surface area contributed by atoms with Crippen LogP contribution in [0.3, 0.4) is 0 Å². The topological polar surface area (TPSA) is 96.5 Å². The lowest BCUT2D eigenvalue weighted by atomic mass is 9.98. The summed E-state index contributed by atoms with van der Waals surface area (Å²) in [6.07, 6.45) is 1.58. The predicted octanol–water partition coefficient (Wildman–Crippen LogP) is 7.11. The van der Waals surface area contributed by atoms with Crippen molar-refractivity contribution >= 4 is 65.3 Å². The first-order valence-electron chi connectivity index (χ1n) is 11.6. The van der Waals surface area contributed by atoms with Crippen molar-refractivity contribution in [2.24, 2.45) is 0 Å². The number of aliphatic hydroxyl groups excluding tert-OH is 1. The molecule has 0 saturated carbocycles. The molecule has 0 bridgehead atoms. The molecule has 2 aromatic carbocycles. The van der Waals surface area contributed by atoms with Crippen molar-refractivity contribution in [1.29, 1.82) is 0 Å². The number of nitrogens with zero attached hydrogens (tertiary/aromatic N) is 3. The van der Waals surface area contributed by atoms with E-state index in [2.05, 4.69) is 45.8 Å². The fourth-order valence-electron chi connectivity index (χ4n) is 4.50. The van der Waals surface area contributed by atoms with Crippen molar-refractivity contribution in [1.82, 2.24) is 9.97 Å². The number of benzene rings is 2. The first-order chi connectivity index (χ1) is 17.8. The summed E-state index contributed by atoms with van der Waals surface area (Å²) in [5.41, 5.74) is 2.76. The van der Waals surface area contributed by atoms with Crippen molar-refractivity contribution in [3.05, 3.63) is 99.7 Å². The molecule has 1 unspecified atom stereocenters. The molecular formula is C28H20BrN3O4S. The van der Waals surface area contributed by atoms with Crippen LogP contribution in [0.4, 0.5) is 5.13 Å². The van der Waals surface area contributed by atoms with Gasteiger partial charge in [-0.25, -0.2) is 4.98 Å². The number of pyridine rings is 1. The minimum atomic E-state index is -0.966. The van der Waals surface area contributed by atoms with E-state index in [9.17, 15) is 14.7 Å². The highest BCUT2D eigenvalue weighted by Crippen LogP contribution is 2.44. The molecular weight excluding hydrogens is 554 g/mol. The second-order valence-electron chi connectivity index (χ2n) is 9.09. The standard InChI is InChI=1S/C28H20BrN3O4S/c1-14(2)15-6-8-18-22(13-15)37-28(31-18)32-24(19-5-3-4-10-30-19)23(26(34)27(32)35)25(33)21-12-16-11-17(29)7-9-20(16)36-21/h3-14,24,34H,1-2H3. The number of carbonyl (C=O) groups excluding carboxylic acids is 2. The second kappa shape index (κ2) is 8.93. The van der Waals surface area contributed by atoms with Crippen molar-refractivity contribution in [3.8, 4) is 0 Å². The molecule has 0 aliphatic carbocycles. The highest BCUT2D eigenvalue weighted by Gasteiger charge is 2.47. The van der Waals surface area contributed by atoms with E-state index in [1.54, 1.807) is 36.5 Å². The maximum Gasteiger partial charge on any atom is 0.296 e. The smallest absolute Gasteiger partial charge is 0.296 e. The highest BCUT2D eigenvalue weighted by atomic mass is 79.9. The molecule has 4 heterocycles. The Hall–Kier alpha value is -3.82. The minimum absolute atomic E-state index is 0.0242. The van der Waals surface area contributed by atoms with Crippen LogP contribution in [0, 0.1) is 0 Å². The van der Waals surface area contributed by atoms with Gasteiger partial charge in [0.25, 0.3) is 5.91 Å². The first-order valence-corrected chi connectivity index (χ1v) is 13.2. The molecule has 1 aliphatic heterocycles. The van der Waals surface area contributed by atoms with Crippen LogP contribution in [-0.4, -0.2) is 26.8 Å². The van der Waals surface area contributed by atoms with Gasteiger partial charge in [-0.05, 0) is 60.0 Å². The molecule has 1 N–H and O–H groups in total. The van der Waals surface area contributed by atoms with Gasteiger partial charge >= 0.3 is 0 Å². The number of rotatable bonds is 5. The Morgan fingerprint density at radius 3 is 2.73 bits per heavy atom. The van der Waals surface area contributed by atoms with Crippen LogP contribution >= 0.6 is 27.3 Å². The molecule has 1 amide bonds. The summed E-state index contributed by atoms with van der Waals surface area (Å²) in [4.78, 5) is 37.7. The summed E-state index contributed by atoms with van der Waals surface area (Å²) >= 11 is 4.76. The van der Waals surface area contributed by atoms with Gasteiger partial charge < -0.3 is 9.52 Å². The van der Waals surface area contributed by atoms with Crippen LogP contribution in [0.25, 0.3) is 21.2 Å². The van der Waals surface area contributed by atoms with E-state index in [0.29, 0.717) is 22.3 Å². The van der Waals surface area contributed by atoms with E-state index in [1.165, 1.54) is 16.2 Å². The number of anilines is 1. The van der Waals surface area contributed by atoms with Gasteiger partial charge in [0.15, 0.2) is 16.7 Å². The van der Waals surface area contributed by atoms with Crippen LogP contribution in [0.15, 0.2) is 87.1 Å². The molecule has 5 aromatic rings. The quantitative estimate of drug-likeness (QED) is 0.225. The number of aliphatic hydroxyl groups is 1. The highest BCUT2D eigenvalue weighted by molar-refractivity contribution is 9.10. The Labute approximate surface area is 224 Å². The maximum atomic E-state index is 13.8. The van der Waals surface area contributed by atoms with Gasteiger partial charge in [0.05, 0.1) is 21.5 Å². The summed E-state index contributed by atoms with van der Waals surface area (Å²) in [5.74, 6) is -1.56. The summed E-state index contributed by atoms with van der Waals surface area (Å²) in [7, 11) is 0. The van der Waals surface area contributed by atoms with E-state index < -0.39 is 23.5 Å². The third kappa shape index (κ3) is 3.95. The number of aromatic nitrogens is 2. The molecule has 6 rings (SSSR count). The Morgan fingerprint density at radius 1 is 1.14 bits per heavy atom. The van der Waals surface area contributed by atoms with Gasteiger partial charge in [-0.2, -0.15) is 0 Å². The number of hydrogen-bond acceptors (Lipinski definition) is 7. The Kier molecular flexibility index (Phi) is 5.69. The molecule has 0 spiro atoms. The van der Waals surface area contributed by atoms with Crippen molar-refractivity contribution in [3.63, 3.8) is 0 Å². The van der Waals surface area contributed by atoms with Gasteiger partial charge in [-0.3, -0.25) is 19.5 Å². The van der Waals surface area contributed by atoms with E-state index in [-0.39, 0.29) is 11.3 Å². The SMILES string of the molecule is CC(C)c1ccc2nc(N3C(=O)C(O)=C(C(=O)c4cc5cc(Br)ccc5o4)C3c3ccccn3)sc2c1. The maximum absolute atomic E-state index is 13.8. The molecule has 9 heteroatoms. The average molecular weight is 574 g/mol. The number of hydrogen-bond donors (Lipinski definition) is 1. The normalized spacial score (nSPS) is 16.1. The van der Waals surface area contributed by atoms with E-state index in [1.807, 2.05) is 24.3 Å². The fourth-order valence-corrected chi connectivity index (χ4v) is 5.92. The molecule has 0 radical (unpaired) electrons. The molecule has 3 aromatic heterocycles. The fraction of sp³-hybridized carbons (Fsp3) is 0.143. The van der Waals surface area contributed by atoms with Gasteiger partial charge in [-0.15, -0.1) is 0 Å². The van der Waals surface area contributed by atoms with Gasteiger partial charge in [0.2, 0.25) is 5.78 Å². The lowest BCUT2D eigenvalue weighted by molar-refractivity contribution is -0.117. The molecule has 1 aliphatic rings. The van der Waals surface area contributed by atoms with Crippen molar-refractivity contribution in [2.75, 3.05) is 4.90 Å². The third-order valence-electron chi connectivity index (χ3n) is 6.40. The monoisotopic (exact) mass is 573 g/mol. The Morgan fingerprint density at radius 2 is 1.97 bits per heavy atom. The van der Waals surface area contributed by atoms with E-state index in [4.69, 9.17) is 4.42 Å². The molecule has 1 atom stereocenters. The zero-order chi connectivity index (χ0) is 25.8. The van der Waals surface area contributed by atoms with E-state index in [0.717, 1.165) is 25.6 Å². The average Bonchev–Trinajstić information content (AvgIpc) is 3.57. The minimum Gasteiger partial charge on any atom is -0.503 e. The lowest BCUT2D eigenvalue weighted by Crippen LogP contribution is -2.31. The molecule has 184 valence electrons. The van der Waals surface area contributed by atoms with Gasteiger partial charge in [0, 0.05) is 16.1 Å². The summed E-state index contributed by atoms with van der Waals surface area (Å²) in [6.45, 7) is 4.22. The summed E-state index contributed by atoms with van der Waals surface area (Å²) in [5, 5.41) is 12.1. The van der Waals surface area contributed by atoms with Crippen molar-refractivity contribution in [2.45, 2.75) is 25.8 Å². The summed E-state index contributed by atoms with van der Waals surface area (Å²) in [6, 6.07) is 17.3. The Balaban J connectivity index is 1.48. The van der Waals surface area contributed by atoms with Crippen molar-refractivity contribution < 1.29 is 19.1 Å². The summed E-state index contributed by atoms with van der Waals surface area (Å²) < 4.78 is 7.56. The Bertz CT molecular complexity index is 1740. The third-order valence-corrected chi connectivity index (χ3v) is 7.91. The number of thiazole rings is 1. The number of amides is 1. The predicted molar refractivity (Wildman–Crippen MR) is 146 cm³/mol. The number of halogens is 1. The van der Waals surface area contributed by atoms with Crippen LogP contribution in [0.5, 0.6) is 0 Å². The van der Waals surface area contributed by atoms with Crippen LogP contribution in [0.2, 0.25) is 0 Å². The second-order valence-corrected chi connectivity index (χ2v) is 11.0. The number of furan rings is 1. The first kappa shape index (κ1) is 23.6. The van der Waals surface area contributed by atoms with Crippen LogP contribution < -0.4 is 4.90 Å².